The number of carbonyl (C=O) groups excluding carboxylic acids is 1. The molecule has 118 valence electrons. The molecule has 3 aliphatic rings. The number of fused-ring (bicyclic) bond motifs is 3. The summed E-state index contributed by atoms with van der Waals surface area (Å²) >= 11 is 0. The van der Waals surface area contributed by atoms with E-state index in [1.807, 2.05) is 35.2 Å². The zero-order valence-corrected chi connectivity index (χ0v) is 12.4. The van der Waals surface area contributed by atoms with Gasteiger partial charge in [-0.3, -0.25) is 9.69 Å². The Balaban J connectivity index is 1.55. The molecule has 3 heterocycles. The van der Waals surface area contributed by atoms with Crippen LogP contribution >= 0.6 is 0 Å². The average Bonchev–Trinajstić information content (AvgIpc) is 2.53. The minimum absolute atomic E-state index is 0.0497. The van der Waals surface area contributed by atoms with Gasteiger partial charge in [-0.25, -0.2) is 4.79 Å². The van der Waals surface area contributed by atoms with E-state index in [4.69, 9.17) is 9.84 Å². The minimum atomic E-state index is -0.814. The summed E-state index contributed by atoms with van der Waals surface area (Å²) in [5, 5.41) is 8.93. The maximum absolute atomic E-state index is 12.3. The Morgan fingerprint density at radius 2 is 1.86 bits per heavy atom. The van der Waals surface area contributed by atoms with E-state index in [1.54, 1.807) is 4.90 Å². The normalized spacial score (nSPS) is 24.3. The fourth-order valence-electron chi connectivity index (χ4n) is 3.31. The lowest BCUT2D eigenvalue weighted by atomic mass is 9.91. The van der Waals surface area contributed by atoms with E-state index >= 15 is 0 Å². The molecule has 3 saturated heterocycles. The molecule has 0 aliphatic carbocycles. The molecule has 1 amide bonds. The zero-order chi connectivity index (χ0) is 15.5. The first kappa shape index (κ1) is 14.8. The van der Waals surface area contributed by atoms with Crippen LogP contribution in [0, 0.1) is 0 Å². The van der Waals surface area contributed by atoms with Gasteiger partial charge >= 0.3 is 12.1 Å². The molecule has 0 aromatic heterocycles. The van der Waals surface area contributed by atoms with Crippen molar-refractivity contribution in [3.05, 3.63) is 35.9 Å². The van der Waals surface area contributed by atoms with Crippen LogP contribution in [0.4, 0.5) is 4.79 Å². The summed E-state index contributed by atoms with van der Waals surface area (Å²) in [6.07, 6.45) is 1.57. The van der Waals surface area contributed by atoms with E-state index in [2.05, 4.69) is 0 Å². The highest BCUT2D eigenvalue weighted by atomic mass is 16.6. The van der Waals surface area contributed by atoms with Crippen LogP contribution in [-0.2, 0) is 16.1 Å². The van der Waals surface area contributed by atoms with Crippen LogP contribution in [0.2, 0.25) is 0 Å². The van der Waals surface area contributed by atoms with E-state index in [0.717, 1.165) is 18.4 Å². The summed E-state index contributed by atoms with van der Waals surface area (Å²) < 4.78 is 5.39. The van der Waals surface area contributed by atoms with Crippen LogP contribution < -0.4 is 0 Å². The van der Waals surface area contributed by atoms with Crippen molar-refractivity contribution >= 4 is 12.1 Å². The topological polar surface area (TPSA) is 70.1 Å². The van der Waals surface area contributed by atoms with Gasteiger partial charge in [-0.15, -0.1) is 0 Å². The predicted octanol–water partition coefficient (Wildman–Crippen LogP) is 1.56. The third-order valence-corrected chi connectivity index (χ3v) is 4.42. The Hall–Kier alpha value is -2.08. The van der Waals surface area contributed by atoms with Crippen molar-refractivity contribution in [2.45, 2.75) is 31.5 Å². The molecule has 6 nitrogen and oxygen atoms in total. The second-order valence-corrected chi connectivity index (χ2v) is 5.90. The molecule has 1 aromatic rings. The molecule has 2 unspecified atom stereocenters. The summed E-state index contributed by atoms with van der Waals surface area (Å²) in [4.78, 5) is 26.8. The molecule has 2 bridgehead atoms. The molecule has 0 spiro atoms. The molecule has 22 heavy (non-hydrogen) atoms. The first-order valence-electron chi connectivity index (χ1n) is 7.56. The fraction of sp³-hybridized carbons (Fsp3) is 0.500. The van der Waals surface area contributed by atoms with Crippen molar-refractivity contribution in [2.75, 3.05) is 19.6 Å². The smallest absolute Gasteiger partial charge is 0.410 e. The summed E-state index contributed by atoms with van der Waals surface area (Å²) in [6, 6.07) is 9.78. The number of hydrogen-bond acceptors (Lipinski definition) is 4. The van der Waals surface area contributed by atoms with Gasteiger partial charge in [-0.1, -0.05) is 30.3 Å². The summed E-state index contributed by atoms with van der Waals surface area (Å²) in [5.41, 5.74) is 0.963. The van der Waals surface area contributed by atoms with Gasteiger partial charge in [-0.05, 0) is 18.4 Å². The standard InChI is InChI=1S/C16H20N2O4/c19-15(20)10-17-8-14-7-6-13(17)9-18(14)16(21)22-11-12-4-2-1-3-5-12/h1-5,13-14H,6-11H2,(H,19,20). The molecule has 6 heteroatoms. The number of aliphatic carboxylic acids is 1. The lowest BCUT2D eigenvalue weighted by molar-refractivity contribution is -0.141. The molecule has 0 saturated carbocycles. The zero-order valence-electron chi connectivity index (χ0n) is 12.4. The van der Waals surface area contributed by atoms with E-state index < -0.39 is 5.97 Å². The third-order valence-electron chi connectivity index (χ3n) is 4.42. The number of hydrogen-bond donors (Lipinski definition) is 1. The number of carboxylic acid groups (broad SMARTS) is 1. The quantitative estimate of drug-likeness (QED) is 0.914. The van der Waals surface area contributed by atoms with Gasteiger partial charge in [0.1, 0.15) is 6.61 Å². The molecule has 2 atom stereocenters. The molecule has 1 N–H and O–H groups in total. The molecular formula is C16H20N2O4. The van der Waals surface area contributed by atoms with Gasteiger partial charge in [0.25, 0.3) is 0 Å². The third kappa shape index (κ3) is 3.22. The second kappa shape index (κ2) is 6.36. The number of carboxylic acids is 1. The number of nitrogens with zero attached hydrogens (tertiary/aromatic N) is 2. The van der Waals surface area contributed by atoms with Crippen molar-refractivity contribution in [1.29, 1.82) is 0 Å². The van der Waals surface area contributed by atoms with Crippen LogP contribution in [0.25, 0.3) is 0 Å². The van der Waals surface area contributed by atoms with Crippen molar-refractivity contribution in [2.24, 2.45) is 0 Å². The van der Waals surface area contributed by atoms with Crippen molar-refractivity contribution in [1.82, 2.24) is 9.80 Å². The van der Waals surface area contributed by atoms with E-state index in [0.29, 0.717) is 13.1 Å². The highest BCUT2D eigenvalue weighted by Gasteiger charge is 2.42. The van der Waals surface area contributed by atoms with Crippen molar-refractivity contribution < 1.29 is 19.4 Å². The lowest BCUT2D eigenvalue weighted by Gasteiger charge is -2.50. The molecule has 3 aliphatic heterocycles. The van der Waals surface area contributed by atoms with Gasteiger partial charge in [0.2, 0.25) is 0 Å². The molecule has 4 rings (SSSR count). The monoisotopic (exact) mass is 304 g/mol. The number of rotatable bonds is 4. The molecule has 1 aromatic carbocycles. The SMILES string of the molecule is O=C(O)CN1CC2CCC1CN2C(=O)OCc1ccccc1. The van der Waals surface area contributed by atoms with Crippen LogP contribution in [0.15, 0.2) is 30.3 Å². The van der Waals surface area contributed by atoms with Gasteiger partial charge in [0.15, 0.2) is 0 Å². The molecular weight excluding hydrogens is 284 g/mol. The van der Waals surface area contributed by atoms with Gasteiger partial charge in [-0.2, -0.15) is 0 Å². The second-order valence-electron chi connectivity index (χ2n) is 5.90. The summed E-state index contributed by atoms with van der Waals surface area (Å²) in [6.45, 7) is 1.50. The fourth-order valence-corrected chi connectivity index (χ4v) is 3.31. The first-order valence-corrected chi connectivity index (χ1v) is 7.56. The Bertz CT molecular complexity index is 548. The number of carbonyl (C=O) groups is 2. The Kier molecular flexibility index (Phi) is 4.29. The number of benzene rings is 1. The predicted molar refractivity (Wildman–Crippen MR) is 79.4 cm³/mol. The van der Waals surface area contributed by atoms with Gasteiger partial charge < -0.3 is 14.7 Å². The lowest BCUT2D eigenvalue weighted by Crippen LogP contribution is -2.64. The van der Waals surface area contributed by atoms with Crippen LogP contribution in [0.1, 0.15) is 18.4 Å². The largest absolute Gasteiger partial charge is 0.480 e. The average molecular weight is 304 g/mol. The highest BCUT2D eigenvalue weighted by molar-refractivity contribution is 5.70. The molecule has 3 fully saturated rings. The van der Waals surface area contributed by atoms with Crippen LogP contribution in [0.3, 0.4) is 0 Å². The van der Waals surface area contributed by atoms with Crippen molar-refractivity contribution in [3.8, 4) is 0 Å². The van der Waals surface area contributed by atoms with Gasteiger partial charge in [0, 0.05) is 25.2 Å². The van der Waals surface area contributed by atoms with Crippen LogP contribution in [0.5, 0.6) is 0 Å². The Morgan fingerprint density at radius 3 is 2.50 bits per heavy atom. The Morgan fingerprint density at radius 1 is 1.14 bits per heavy atom. The summed E-state index contributed by atoms with van der Waals surface area (Å²) in [5.74, 6) is -0.814. The number of piperazine rings is 1. The number of amides is 1. The van der Waals surface area contributed by atoms with E-state index in [-0.39, 0.29) is 31.3 Å². The maximum atomic E-state index is 12.3. The van der Waals surface area contributed by atoms with Crippen LogP contribution in [-0.4, -0.2) is 58.7 Å². The minimum Gasteiger partial charge on any atom is -0.480 e. The summed E-state index contributed by atoms with van der Waals surface area (Å²) in [7, 11) is 0. The Labute approximate surface area is 129 Å². The molecule has 0 radical (unpaired) electrons. The first-order chi connectivity index (χ1) is 10.6. The van der Waals surface area contributed by atoms with E-state index in [1.165, 1.54) is 0 Å². The number of piperidine rings is 2. The van der Waals surface area contributed by atoms with E-state index in [9.17, 15) is 9.59 Å². The highest BCUT2D eigenvalue weighted by Crippen LogP contribution is 2.29. The van der Waals surface area contributed by atoms with Crippen molar-refractivity contribution in [3.63, 3.8) is 0 Å². The number of ether oxygens (including phenoxy) is 1. The van der Waals surface area contributed by atoms with Gasteiger partial charge in [0.05, 0.1) is 6.54 Å². The maximum Gasteiger partial charge on any atom is 0.410 e.